The normalized spacial score (nSPS) is 22.3. The van der Waals surface area contributed by atoms with Crippen LogP contribution in [0.5, 0.6) is 0 Å². The predicted octanol–water partition coefficient (Wildman–Crippen LogP) is 3.59. The van der Waals surface area contributed by atoms with Gasteiger partial charge in [0.2, 0.25) is 11.8 Å². The van der Waals surface area contributed by atoms with Gasteiger partial charge < -0.3 is 20.5 Å². The van der Waals surface area contributed by atoms with Crippen molar-refractivity contribution in [2.45, 2.75) is 69.6 Å². The zero-order chi connectivity index (χ0) is 24.1. The van der Waals surface area contributed by atoms with Crippen molar-refractivity contribution in [3.05, 3.63) is 70.9 Å². The molecular formula is C28H30N4O3. The van der Waals surface area contributed by atoms with E-state index in [4.69, 9.17) is 0 Å². The molecule has 1 saturated carbocycles. The van der Waals surface area contributed by atoms with Gasteiger partial charge in [-0.3, -0.25) is 14.4 Å². The van der Waals surface area contributed by atoms with Gasteiger partial charge in [0.05, 0.1) is 6.04 Å². The summed E-state index contributed by atoms with van der Waals surface area (Å²) in [6.45, 7) is 1.72. The summed E-state index contributed by atoms with van der Waals surface area (Å²) in [6.07, 6.45) is 5.84. The summed E-state index contributed by atoms with van der Waals surface area (Å²) in [5.74, 6) is -0.603. The average molecular weight is 471 g/mol. The molecule has 7 heteroatoms. The zero-order valence-corrected chi connectivity index (χ0v) is 19.8. The van der Waals surface area contributed by atoms with E-state index < -0.39 is 12.1 Å². The van der Waals surface area contributed by atoms with Gasteiger partial charge in [0.15, 0.2) is 0 Å². The molecule has 0 radical (unpaired) electrons. The highest BCUT2D eigenvalue weighted by Crippen LogP contribution is 2.46. The lowest BCUT2D eigenvalue weighted by Crippen LogP contribution is -2.56. The number of nitrogens with zero attached hydrogens (tertiary/aromatic N) is 1. The number of H-pyrrole nitrogens is 1. The monoisotopic (exact) mass is 470 g/mol. The van der Waals surface area contributed by atoms with Crippen LogP contribution in [0.2, 0.25) is 0 Å². The van der Waals surface area contributed by atoms with Crippen molar-refractivity contribution in [2.24, 2.45) is 0 Å². The van der Waals surface area contributed by atoms with Gasteiger partial charge >= 0.3 is 0 Å². The molecule has 6 rings (SSSR count). The minimum absolute atomic E-state index is 0.144. The van der Waals surface area contributed by atoms with Gasteiger partial charge in [0.1, 0.15) is 12.1 Å². The molecule has 180 valence electrons. The highest BCUT2D eigenvalue weighted by Gasteiger charge is 2.49. The topological polar surface area (TPSA) is 94.3 Å². The molecule has 35 heavy (non-hydrogen) atoms. The molecule has 2 aromatic carbocycles. The molecule has 0 saturated heterocycles. The van der Waals surface area contributed by atoms with Crippen molar-refractivity contribution in [3.63, 3.8) is 0 Å². The highest BCUT2D eigenvalue weighted by atomic mass is 16.2. The fourth-order valence-corrected chi connectivity index (χ4v) is 6.09. The Morgan fingerprint density at radius 1 is 1.03 bits per heavy atom. The zero-order valence-electron chi connectivity index (χ0n) is 19.8. The standard InChI is InChI=1S/C28H30N4O3/c1-16(26(33)30-17-9-3-2-4-10-17)29-27(34)23-15-21-18-11-7-8-14-22(18)31-24(21)25-19-12-5-6-13-20(19)28(35)32(23)25/h5-8,11-14,16-17,23,25,31H,2-4,9-10,15H2,1H3,(H,29,34)(H,30,33)/t16-,23-,25+/m0/s1. The Labute approximate surface area is 204 Å². The van der Waals surface area contributed by atoms with Crippen LogP contribution in [0.4, 0.5) is 0 Å². The maximum atomic E-state index is 13.6. The number of fused-ring (bicyclic) bond motifs is 7. The smallest absolute Gasteiger partial charge is 0.255 e. The largest absolute Gasteiger partial charge is 0.356 e. The molecule has 3 aromatic rings. The van der Waals surface area contributed by atoms with E-state index in [2.05, 4.69) is 21.7 Å². The molecule has 3 atom stereocenters. The van der Waals surface area contributed by atoms with Crippen LogP contribution < -0.4 is 10.6 Å². The second-order valence-electron chi connectivity index (χ2n) is 10.1. The van der Waals surface area contributed by atoms with Crippen LogP contribution in [0.1, 0.15) is 72.2 Å². The Hall–Kier alpha value is -3.61. The first-order valence-electron chi connectivity index (χ1n) is 12.6. The Bertz CT molecular complexity index is 1320. The summed E-state index contributed by atoms with van der Waals surface area (Å²) >= 11 is 0. The van der Waals surface area contributed by atoms with Gasteiger partial charge in [0.25, 0.3) is 5.91 Å². The third-order valence-corrected chi connectivity index (χ3v) is 7.86. The number of carbonyl (C=O) groups is 3. The van der Waals surface area contributed by atoms with Crippen LogP contribution in [0.15, 0.2) is 48.5 Å². The third kappa shape index (κ3) is 3.61. The molecule has 1 fully saturated rings. The minimum atomic E-state index is -0.698. The summed E-state index contributed by atoms with van der Waals surface area (Å²) < 4.78 is 0. The molecule has 2 aliphatic heterocycles. The van der Waals surface area contributed by atoms with E-state index in [1.54, 1.807) is 11.8 Å². The molecule has 0 spiro atoms. The van der Waals surface area contributed by atoms with Crippen LogP contribution in [0.25, 0.3) is 10.9 Å². The van der Waals surface area contributed by atoms with Crippen molar-refractivity contribution in [1.82, 2.24) is 20.5 Å². The maximum Gasteiger partial charge on any atom is 0.255 e. The van der Waals surface area contributed by atoms with Gasteiger partial charge in [-0.05, 0) is 43.0 Å². The summed E-state index contributed by atoms with van der Waals surface area (Å²) in [4.78, 5) is 45.2. The van der Waals surface area contributed by atoms with Gasteiger partial charge in [-0.15, -0.1) is 0 Å². The van der Waals surface area contributed by atoms with E-state index in [-0.39, 0.29) is 29.8 Å². The number of aromatic amines is 1. The highest BCUT2D eigenvalue weighted by molar-refractivity contribution is 6.04. The van der Waals surface area contributed by atoms with Crippen LogP contribution >= 0.6 is 0 Å². The number of hydrogen-bond acceptors (Lipinski definition) is 3. The van der Waals surface area contributed by atoms with E-state index in [9.17, 15) is 14.4 Å². The van der Waals surface area contributed by atoms with Gasteiger partial charge in [0, 0.05) is 34.6 Å². The van der Waals surface area contributed by atoms with Crippen molar-refractivity contribution >= 4 is 28.6 Å². The average Bonchev–Trinajstić information content (AvgIpc) is 3.40. The molecule has 7 nitrogen and oxygen atoms in total. The Morgan fingerprint density at radius 2 is 1.77 bits per heavy atom. The van der Waals surface area contributed by atoms with E-state index in [1.807, 2.05) is 42.5 Å². The molecule has 3 amide bonds. The predicted molar refractivity (Wildman–Crippen MR) is 133 cm³/mol. The number of rotatable bonds is 4. The van der Waals surface area contributed by atoms with Crippen LogP contribution in [0, 0.1) is 0 Å². The fourth-order valence-electron chi connectivity index (χ4n) is 6.09. The Morgan fingerprint density at radius 3 is 2.60 bits per heavy atom. The first kappa shape index (κ1) is 21.9. The third-order valence-electron chi connectivity index (χ3n) is 7.86. The molecule has 1 aromatic heterocycles. The van der Waals surface area contributed by atoms with Crippen LogP contribution in [-0.4, -0.2) is 45.7 Å². The van der Waals surface area contributed by atoms with Gasteiger partial charge in [-0.1, -0.05) is 55.7 Å². The fraction of sp³-hybridized carbons (Fsp3) is 0.393. The number of benzene rings is 2. The van der Waals surface area contributed by atoms with Crippen molar-refractivity contribution in [1.29, 1.82) is 0 Å². The summed E-state index contributed by atoms with van der Waals surface area (Å²) in [5, 5.41) is 7.08. The number of para-hydroxylation sites is 1. The molecule has 1 aliphatic carbocycles. The SMILES string of the molecule is C[C@H](NC(=O)[C@@H]1Cc2c([nH]c3ccccc23)[C@H]2c3ccccc3C(=O)N21)C(=O)NC1CCCCC1. The lowest BCUT2D eigenvalue weighted by atomic mass is 9.90. The van der Waals surface area contributed by atoms with Crippen LogP contribution in [-0.2, 0) is 16.0 Å². The Kier molecular flexibility index (Phi) is 5.35. The lowest BCUT2D eigenvalue weighted by Gasteiger charge is -2.37. The van der Waals surface area contributed by atoms with E-state index >= 15 is 0 Å². The number of amides is 3. The molecule has 3 N–H and O–H groups in total. The summed E-state index contributed by atoms with van der Waals surface area (Å²) in [6, 6.07) is 14.1. The lowest BCUT2D eigenvalue weighted by molar-refractivity contribution is -0.132. The maximum absolute atomic E-state index is 13.6. The summed E-state index contributed by atoms with van der Waals surface area (Å²) in [7, 11) is 0. The molecule has 3 heterocycles. The molecule has 0 unspecified atom stereocenters. The van der Waals surface area contributed by atoms with E-state index in [0.717, 1.165) is 53.4 Å². The number of aromatic nitrogens is 1. The van der Waals surface area contributed by atoms with Crippen molar-refractivity contribution in [2.75, 3.05) is 0 Å². The van der Waals surface area contributed by atoms with Gasteiger partial charge in [-0.25, -0.2) is 0 Å². The van der Waals surface area contributed by atoms with Crippen LogP contribution in [0.3, 0.4) is 0 Å². The second-order valence-corrected chi connectivity index (χ2v) is 10.1. The van der Waals surface area contributed by atoms with Crippen molar-refractivity contribution < 1.29 is 14.4 Å². The van der Waals surface area contributed by atoms with Gasteiger partial charge in [-0.2, -0.15) is 0 Å². The number of hydrogen-bond donors (Lipinski definition) is 3. The molecule has 3 aliphatic rings. The summed E-state index contributed by atoms with van der Waals surface area (Å²) in [5.41, 5.74) is 4.56. The minimum Gasteiger partial charge on any atom is -0.356 e. The first-order valence-corrected chi connectivity index (χ1v) is 12.6. The first-order chi connectivity index (χ1) is 17.0. The molecular weight excluding hydrogens is 440 g/mol. The van der Waals surface area contributed by atoms with Crippen molar-refractivity contribution in [3.8, 4) is 0 Å². The number of carbonyl (C=O) groups excluding carboxylic acids is 3. The molecule has 0 bridgehead atoms. The van der Waals surface area contributed by atoms with E-state index in [0.29, 0.717) is 12.0 Å². The Balaban J connectivity index is 1.31. The van der Waals surface area contributed by atoms with E-state index in [1.165, 1.54) is 6.42 Å². The second kappa shape index (κ2) is 8.56. The quantitative estimate of drug-likeness (QED) is 0.544. The number of nitrogens with one attached hydrogen (secondary N) is 3.